The molecule has 27 heteroatoms. The number of nitrogens with two attached hydrogens (primary N) is 4. The maximum atomic E-state index is 13.9. The van der Waals surface area contributed by atoms with Gasteiger partial charge in [-0.2, -0.15) is 5.11 Å². The number of aliphatic imine (C=N–C) groups is 1. The third-order valence-corrected chi connectivity index (χ3v) is 11.6. The number of unbranched alkanes of at least 4 members (excludes halogenated alkanes) is 1. The number of hydrogen-bond donors (Lipinski definition) is 11. The van der Waals surface area contributed by atoms with Crippen molar-refractivity contribution in [2.75, 3.05) is 60.5 Å². The van der Waals surface area contributed by atoms with Crippen LogP contribution in [0.25, 0.3) is 0 Å². The number of rotatable bonds is 29. The second-order valence-electron chi connectivity index (χ2n) is 17.6. The van der Waals surface area contributed by atoms with Gasteiger partial charge in [-0.3, -0.25) is 33.5 Å². The van der Waals surface area contributed by atoms with E-state index in [-0.39, 0.29) is 80.6 Å². The van der Waals surface area contributed by atoms with Crippen molar-refractivity contribution in [3.63, 3.8) is 0 Å². The van der Waals surface area contributed by atoms with Gasteiger partial charge in [0.25, 0.3) is 0 Å². The number of aromatic hydroxyl groups is 1. The Morgan fingerprint density at radius 1 is 0.943 bits per heavy atom. The molecule has 388 valence electrons. The van der Waals surface area contributed by atoms with Gasteiger partial charge in [0.15, 0.2) is 5.96 Å². The molecule has 5 amide bonds. The fourth-order valence-electron chi connectivity index (χ4n) is 6.80. The quantitative estimate of drug-likeness (QED) is 0.0110. The molecule has 2 aromatic rings. The summed E-state index contributed by atoms with van der Waals surface area (Å²) in [5, 5.41) is 48.4. The standard InChI is InChI=1S/C43H68N13O13P/c1-26(57)37(45)40(62)52-31(9-5-6-18-44)41(63)55-20-8-11-34(55)39(61)51-30(10-7-19-48-43(46)47)38(60)49-25-36(59)50-33(42(64)65)24-27-12-17-35(58)32(23-27)54-53-28-13-15-29(16-14-28)69-70(66,67)68-22-21-56(2,3)4/h12-17,23,26,30-31,33-34,37,57H,5-11,18-22,24-25,44-45H2,1-4H3,(H10-,46,47,48,49,50,51,52,53,58,59,60,61,62,64,65,66,67). The number of phenolic OH excluding ortho intramolecular Hbond substituents is 1. The van der Waals surface area contributed by atoms with Gasteiger partial charge in [-0.1, -0.05) is 6.07 Å². The number of phosphoric acid groups is 1. The van der Waals surface area contributed by atoms with Crippen molar-refractivity contribution < 1.29 is 67.1 Å². The summed E-state index contributed by atoms with van der Waals surface area (Å²) >= 11 is 0. The Kier molecular flexibility index (Phi) is 23.0. The second-order valence-corrected chi connectivity index (χ2v) is 18.9. The third kappa shape index (κ3) is 20.4. The number of likely N-dealkylation sites (tertiary alicyclic amines) is 1. The minimum absolute atomic E-state index is 0.0126. The fourth-order valence-corrected chi connectivity index (χ4v) is 7.53. The summed E-state index contributed by atoms with van der Waals surface area (Å²) < 4.78 is 22.6. The molecule has 3 rings (SSSR count). The molecule has 1 aliphatic heterocycles. The molecule has 0 radical (unpaired) electrons. The van der Waals surface area contributed by atoms with Crippen molar-refractivity contribution in [3.8, 4) is 11.5 Å². The van der Waals surface area contributed by atoms with Gasteiger partial charge in [-0.05, 0) is 100 Å². The van der Waals surface area contributed by atoms with Gasteiger partial charge in [0.2, 0.25) is 29.5 Å². The Labute approximate surface area is 405 Å². The number of hydrogen-bond acceptors (Lipinski definition) is 17. The second kappa shape index (κ2) is 27.8. The number of carbonyl (C=O) groups excluding carboxylic acids is 5. The number of guanidine groups is 1. The number of nitrogens with one attached hydrogen (secondary N) is 4. The Morgan fingerprint density at radius 2 is 1.63 bits per heavy atom. The number of phosphoric ester groups is 1. The van der Waals surface area contributed by atoms with Crippen molar-refractivity contribution in [3.05, 3.63) is 48.0 Å². The molecule has 2 aromatic carbocycles. The zero-order chi connectivity index (χ0) is 52.2. The van der Waals surface area contributed by atoms with Crippen molar-refractivity contribution >= 4 is 60.7 Å². The topological polar surface area (TPSA) is 414 Å². The molecule has 70 heavy (non-hydrogen) atoms. The lowest BCUT2D eigenvalue weighted by Crippen LogP contribution is -2.58. The number of phenols is 1. The molecule has 1 fully saturated rings. The minimum Gasteiger partial charge on any atom is -0.746 e. The monoisotopic (exact) mass is 1010 g/mol. The number of nitrogens with zero attached hydrogens (tertiary/aromatic N) is 5. The predicted octanol–water partition coefficient (Wildman–Crippen LogP) is -1.54. The van der Waals surface area contributed by atoms with E-state index >= 15 is 0 Å². The van der Waals surface area contributed by atoms with E-state index in [9.17, 15) is 53.5 Å². The molecule has 0 aromatic heterocycles. The minimum atomic E-state index is -4.65. The van der Waals surface area contributed by atoms with E-state index in [2.05, 4.69) is 36.5 Å². The first-order valence-corrected chi connectivity index (χ1v) is 24.0. The van der Waals surface area contributed by atoms with Crippen LogP contribution in [-0.2, 0) is 44.3 Å². The van der Waals surface area contributed by atoms with Crippen LogP contribution in [-0.4, -0.2) is 163 Å². The van der Waals surface area contributed by atoms with E-state index in [0.717, 1.165) is 0 Å². The van der Waals surface area contributed by atoms with Gasteiger partial charge in [0.05, 0.1) is 39.5 Å². The fraction of sp³-hybridized carbons (Fsp3) is 0.558. The molecule has 1 saturated heterocycles. The van der Waals surface area contributed by atoms with Crippen molar-refractivity contribution in [1.29, 1.82) is 0 Å². The Morgan fingerprint density at radius 3 is 2.26 bits per heavy atom. The molecule has 1 heterocycles. The molecule has 26 nitrogen and oxygen atoms in total. The van der Waals surface area contributed by atoms with Gasteiger partial charge < -0.3 is 82.8 Å². The summed E-state index contributed by atoms with van der Waals surface area (Å²) in [6, 6.07) is 3.26. The first-order chi connectivity index (χ1) is 32.9. The zero-order valence-corrected chi connectivity index (χ0v) is 40.7. The molecule has 1 aliphatic rings. The average molecular weight is 1010 g/mol. The first kappa shape index (κ1) is 58.0. The number of amides is 5. The highest BCUT2D eigenvalue weighted by Crippen LogP contribution is 2.40. The summed E-state index contributed by atoms with van der Waals surface area (Å²) in [5.74, 6) is -5.67. The predicted molar refractivity (Wildman–Crippen MR) is 253 cm³/mol. The Balaban J connectivity index is 1.66. The number of quaternary nitrogens is 1. The molecule has 7 unspecified atom stereocenters. The number of carboxylic acid groups (broad SMARTS) is 1. The molecular formula is C43H68N13O13P. The van der Waals surface area contributed by atoms with Crippen LogP contribution in [0.2, 0.25) is 0 Å². The summed E-state index contributed by atoms with van der Waals surface area (Å²) in [6.45, 7) is 1.57. The average Bonchev–Trinajstić information content (AvgIpc) is 3.78. The van der Waals surface area contributed by atoms with Crippen LogP contribution in [0.1, 0.15) is 57.4 Å². The van der Waals surface area contributed by atoms with E-state index in [4.69, 9.17) is 32.0 Å². The summed E-state index contributed by atoms with van der Waals surface area (Å²) in [6.07, 6.45) is 0.563. The Hall–Kier alpha value is -6.28. The Bertz CT molecular complexity index is 2200. The van der Waals surface area contributed by atoms with E-state index in [0.29, 0.717) is 42.4 Å². The first-order valence-electron chi connectivity index (χ1n) is 22.6. The van der Waals surface area contributed by atoms with Crippen molar-refractivity contribution in [2.45, 2.75) is 94.6 Å². The van der Waals surface area contributed by atoms with E-state index in [1.807, 2.05) is 21.1 Å². The normalized spacial score (nSPS) is 16.7. The zero-order valence-electron chi connectivity index (χ0n) is 39.8. The van der Waals surface area contributed by atoms with Gasteiger partial charge >= 0.3 is 13.8 Å². The van der Waals surface area contributed by atoms with Crippen LogP contribution in [0.5, 0.6) is 11.5 Å². The number of aliphatic hydroxyl groups is 1. The van der Waals surface area contributed by atoms with Gasteiger partial charge in [-0.25, -0.2) is 4.79 Å². The highest BCUT2D eigenvalue weighted by Gasteiger charge is 2.39. The SMILES string of the molecule is CC(O)C(N)C(=O)NC(CCCCN)C(=O)N1CCCC1C(=O)NC(CCCN=C(N)N)C(=O)NCC(=O)NC(Cc1ccc(O)c(N=Nc2ccc(OP(=O)([O-])OCC[N+](C)(C)C)cc2)c1)C(=O)O. The smallest absolute Gasteiger partial charge is 0.326 e. The summed E-state index contributed by atoms with van der Waals surface area (Å²) in [7, 11) is 0.983. The van der Waals surface area contributed by atoms with Gasteiger partial charge in [0, 0.05) is 19.5 Å². The lowest BCUT2D eigenvalue weighted by atomic mass is 10.0. The molecule has 0 saturated carbocycles. The van der Waals surface area contributed by atoms with E-state index in [1.165, 1.54) is 54.3 Å². The summed E-state index contributed by atoms with van der Waals surface area (Å²) in [4.78, 5) is 96.8. The lowest BCUT2D eigenvalue weighted by molar-refractivity contribution is -0.870. The van der Waals surface area contributed by atoms with Crippen molar-refractivity contribution in [1.82, 2.24) is 26.2 Å². The van der Waals surface area contributed by atoms with E-state index < -0.39 is 86.2 Å². The largest absolute Gasteiger partial charge is 0.746 e. The summed E-state index contributed by atoms with van der Waals surface area (Å²) in [5.41, 5.74) is 22.8. The molecule has 15 N–H and O–H groups in total. The molecule has 0 aliphatic carbocycles. The number of carboxylic acids is 1. The van der Waals surface area contributed by atoms with Crippen LogP contribution in [0.3, 0.4) is 0 Å². The maximum Gasteiger partial charge on any atom is 0.326 e. The van der Waals surface area contributed by atoms with Crippen LogP contribution >= 0.6 is 7.82 Å². The van der Waals surface area contributed by atoms with Crippen molar-refractivity contribution in [2.24, 2.45) is 38.2 Å². The molecular weight excluding hydrogens is 938 g/mol. The van der Waals surface area contributed by atoms with Crippen LogP contribution in [0, 0.1) is 0 Å². The highest BCUT2D eigenvalue weighted by molar-refractivity contribution is 7.46. The molecule has 7 atom stereocenters. The number of aliphatic hydroxyl groups excluding tert-OH is 1. The maximum absolute atomic E-state index is 13.9. The number of azo groups is 1. The lowest BCUT2D eigenvalue weighted by Gasteiger charge is -2.30. The van der Waals surface area contributed by atoms with E-state index in [1.54, 1.807) is 0 Å². The third-order valence-electron chi connectivity index (χ3n) is 10.7. The number of benzene rings is 2. The number of carbonyl (C=O) groups is 6. The number of likely N-dealkylation sites (N-methyl/N-ethyl adjacent to an activating group) is 1. The van der Waals surface area contributed by atoms with Gasteiger partial charge in [0.1, 0.15) is 60.5 Å². The molecule has 0 spiro atoms. The highest BCUT2D eigenvalue weighted by atomic mass is 31.2. The van der Waals surface area contributed by atoms with Crippen LogP contribution in [0.15, 0.2) is 57.7 Å². The van der Waals surface area contributed by atoms with Crippen LogP contribution in [0.4, 0.5) is 11.4 Å². The number of aliphatic carboxylic acids is 1. The molecule has 0 bridgehead atoms. The van der Waals surface area contributed by atoms with Crippen LogP contribution < -0.4 is 53.6 Å². The van der Waals surface area contributed by atoms with Gasteiger partial charge in [-0.15, -0.1) is 5.11 Å².